The van der Waals surface area contributed by atoms with Crippen molar-refractivity contribution in [2.45, 2.75) is 30.6 Å². The fourth-order valence-corrected chi connectivity index (χ4v) is 4.83. The Morgan fingerprint density at radius 3 is 2.17 bits per heavy atom. The second-order valence-corrected chi connectivity index (χ2v) is 8.80. The fourth-order valence-electron chi connectivity index (χ4n) is 3.32. The van der Waals surface area contributed by atoms with E-state index in [1.54, 1.807) is 18.2 Å². The highest BCUT2D eigenvalue weighted by molar-refractivity contribution is 7.89. The van der Waals surface area contributed by atoms with E-state index < -0.39 is 10.0 Å². The molecule has 1 aliphatic heterocycles. The first kappa shape index (κ1) is 21.1. The van der Waals surface area contributed by atoms with Crippen LogP contribution in [0.4, 0.5) is 5.69 Å². The molecular formula is C21H26N2O5S. The van der Waals surface area contributed by atoms with Gasteiger partial charge in [0.1, 0.15) is 11.5 Å². The maximum atomic E-state index is 12.9. The van der Waals surface area contributed by atoms with Crippen molar-refractivity contribution in [1.29, 1.82) is 0 Å². The van der Waals surface area contributed by atoms with Gasteiger partial charge in [0, 0.05) is 24.7 Å². The molecule has 0 unspecified atom stereocenters. The molecule has 1 fully saturated rings. The van der Waals surface area contributed by atoms with Gasteiger partial charge in [-0.1, -0.05) is 12.8 Å². The molecule has 0 aliphatic carbocycles. The lowest BCUT2D eigenvalue weighted by atomic mass is 10.2. The number of amides is 1. The molecule has 156 valence electrons. The van der Waals surface area contributed by atoms with Crippen molar-refractivity contribution >= 4 is 21.6 Å². The lowest BCUT2D eigenvalue weighted by molar-refractivity contribution is 0.102. The quantitative estimate of drug-likeness (QED) is 0.776. The minimum atomic E-state index is -3.54. The van der Waals surface area contributed by atoms with E-state index in [0.29, 0.717) is 35.8 Å². The van der Waals surface area contributed by atoms with Crippen LogP contribution in [0.15, 0.2) is 47.4 Å². The molecule has 0 aromatic heterocycles. The molecule has 1 saturated heterocycles. The highest BCUT2D eigenvalue weighted by Gasteiger charge is 2.25. The molecule has 1 N–H and O–H groups in total. The van der Waals surface area contributed by atoms with E-state index in [9.17, 15) is 13.2 Å². The zero-order valence-corrected chi connectivity index (χ0v) is 17.5. The predicted molar refractivity (Wildman–Crippen MR) is 111 cm³/mol. The standard InChI is InChI=1S/C21H26N2O5S/c1-27-17-9-12-20(28-2)19(15-17)22-21(24)16-7-10-18(11-8-16)29(25,26)23-13-5-3-4-6-14-23/h7-12,15H,3-6,13-14H2,1-2H3,(H,22,24). The lowest BCUT2D eigenvalue weighted by Crippen LogP contribution is -2.31. The summed E-state index contributed by atoms with van der Waals surface area (Å²) in [6.07, 6.45) is 3.86. The first-order chi connectivity index (χ1) is 14.0. The smallest absolute Gasteiger partial charge is 0.255 e. The van der Waals surface area contributed by atoms with E-state index in [1.807, 2.05) is 0 Å². The van der Waals surface area contributed by atoms with Crippen molar-refractivity contribution in [2.75, 3.05) is 32.6 Å². The number of ether oxygens (including phenoxy) is 2. The van der Waals surface area contributed by atoms with E-state index in [2.05, 4.69) is 5.32 Å². The molecule has 0 bridgehead atoms. The number of carbonyl (C=O) groups is 1. The highest BCUT2D eigenvalue weighted by atomic mass is 32.2. The van der Waals surface area contributed by atoms with E-state index in [-0.39, 0.29) is 10.8 Å². The van der Waals surface area contributed by atoms with Gasteiger partial charge in [-0.3, -0.25) is 4.79 Å². The Morgan fingerprint density at radius 2 is 1.59 bits per heavy atom. The summed E-state index contributed by atoms with van der Waals surface area (Å²) in [5, 5.41) is 2.78. The van der Waals surface area contributed by atoms with Crippen molar-refractivity contribution in [3.05, 3.63) is 48.0 Å². The van der Waals surface area contributed by atoms with Crippen LogP contribution in [0.1, 0.15) is 36.0 Å². The van der Waals surface area contributed by atoms with Crippen LogP contribution >= 0.6 is 0 Å². The van der Waals surface area contributed by atoms with E-state index in [1.165, 1.54) is 42.8 Å². The Hall–Kier alpha value is -2.58. The number of methoxy groups -OCH3 is 2. The Balaban J connectivity index is 1.77. The Bertz CT molecular complexity index is 950. The molecule has 1 amide bonds. The minimum absolute atomic E-state index is 0.204. The number of sulfonamides is 1. The molecule has 29 heavy (non-hydrogen) atoms. The molecule has 0 radical (unpaired) electrons. The third kappa shape index (κ3) is 4.89. The predicted octanol–water partition coefficient (Wildman–Crippen LogP) is 3.52. The molecule has 2 aromatic carbocycles. The molecule has 0 atom stereocenters. The number of anilines is 1. The summed E-state index contributed by atoms with van der Waals surface area (Å²) in [5.41, 5.74) is 0.822. The largest absolute Gasteiger partial charge is 0.497 e. The van der Waals surface area contributed by atoms with Crippen molar-refractivity contribution in [1.82, 2.24) is 4.31 Å². The molecular weight excluding hydrogens is 392 g/mol. The third-order valence-electron chi connectivity index (χ3n) is 4.97. The van der Waals surface area contributed by atoms with Crippen LogP contribution in [0.5, 0.6) is 11.5 Å². The fraction of sp³-hybridized carbons (Fsp3) is 0.381. The summed E-state index contributed by atoms with van der Waals surface area (Å²) < 4.78 is 37.7. The Morgan fingerprint density at radius 1 is 0.931 bits per heavy atom. The van der Waals surface area contributed by atoms with Gasteiger partial charge in [-0.05, 0) is 49.2 Å². The van der Waals surface area contributed by atoms with Gasteiger partial charge >= 0.3 is 0 Å². The molecule has 7 nitrogen and oxygen atoms in total. The highest BCUT2D eigenvalue weighted by Crippen LogP contribution is 2.29. The van der Waals surface area contributed by atoms with Crippen molar-refractivity contribution < 1.29 is 22.7 Å². The third-order valence-corrected chi connectivity index (χ3v) is 6.89. The van der Waals surface area contributed by atoms with Crippen molar-refractivity contribution in [3.8, 4) is 11.5 Å². The summed E-state index contributed by atoms with van der Waals surface area (Å²) >= 11 is 0. The molecule has 0 saturated carbocycles. The summed E-state index contributed by atoms with van der Waals surface area (Å²) in [6.45, 7) is 1.08. The summed E-state index contributed by atoms with van der Waals surface area (Å²) in [7, 11) is -0.489. The first-order valence-electron chi connectivity index (χ1n) is 9.59. The van der Waals surface area contributed by atoms with Gasteiger partial charge < -0.3 is 14.8 Å². The van der Waals surface area contributed by atoms with Crippen LogP contribution in [0.25, 0.3) is 0 Å². The van der Waals surface area contributed by atoms with Crippen molar-refractivity contribution in [3.63, 3.8) is 0 Å². The number of carbonyl (C=O) groups excluding carboxylic acids is 1. The van der Waals surface area contributed by atoms with Gasteiger partial charge in [-0.25, -0.2) is 8.42 Å². The monoisotopic (exact) mass is 418 g/mol. The summed E-state index contributed by atoms with van der Waals surface area (Å²) in [4.78, 5) is 12.8. The molecule has 2 aromatic rings. The van der Waals surface area contributed by atoms with Crippen LogP contribution < -0.4 is 14.8 Å². The number of hydrogen-bond donors (Lipinski definition) is 1. The minimum Gasteiger partial charge on any atom is -0.497 e. The second kappa shape index (κ2) is 9.28. The zero-order valence-electron chi connectivity index (χ0n) is 16.7. The molecule has 0 spiro atoms. The van der Waals surface area contributed by atoms with E-state index in [0.717, 1.165) is 25.7 Å². The zero-order chi connectivity index (χ0) is 20.9. The van der Waals surface area contributed by atoms with E-state index in [4.69, 9.17) is 9.47 Å². The van der Waals surface area contributed by atoms with Gasteiger partial charge in [0.05, 0.1) is 24.8 Å². The maximum Gasteiger partial charge on any atom is 0.255 e. The molecule has 3 rings (SSSR count). The van der Waals surface area contributed by atoms with Crippen LogP contribution in [0, 0.1) is 0 Å². The van der Waals surface area contributed by atoms with Crippen LogP contribution in [0.3, 0.4) is 0 Å². The normalized spacial score (nSPS) is 15.4. The topological polar surface area (TPSA) is 84.9 Å². The van der Waals surface area contributed by atoms with E-state index >= 15 is 0 Å². The first-order valence-corrected chi connectivity index (χ1v) is 11.0. The second-order valence-electron chi connectivity index (χ2n) is 6.86. The van der Waals surface area contributed by atoms with Crippen LogP contribution in [-0.2, 0) is 10.0 Å². The lowest BCUT2D eigenvalue weighted by Gasteiger charge is -2.20. The number of benzene rings is 2. The van der Waals surface area contributed by atoms with Gasteiger partial charge in [-0.15, -0.1) is 0 Å². The van der Waals surface area contributed by atoms with Crippen LogP contribution in [0.2, 0.25) is 0 Å². The Labute approximate surface area is 171 Å². The van der Waals surface area contributed by atoms with Gasteiger partial charge in [0.2, 0.25) is 10.0 Å². The maximum absolute atomic E-state index is 12.9. The number of rotatable bonds is 6. The van der Waals surface area contributed by atoms with Gasteiger partial charge in [0.25, 0.3) is 5.91 Å². The molecule has 1 heterocycles. The Kier molecular flexibility index (Phi) is 6.76. The SMILES string of the molecule is COc1ccc(OC)c(NC(=O)c2ccc(S(=O)(=O)N3CCCCCC3)cc2)c1. The average Bonchev–Trinajstić information content (AvgIpc) is 3.04. The number of hydrogen-bond acceptors (Lipinski definition) is 5. The molecule has 1 aliphatic rings. The summed E-state index contributed by atoms with van der Waals surface area (Å²) in [6, 6.07) is 11.1. The van der Waals surface area contributed by atoms with Crippen molar-refractivity contribution in [2.24, 2.45) is 0 Å². The number of nitrogens with one attached hydrogen (secondary N) is 1. The van der Waals surface area contributed by atoms with Gasteiger partial charge in [-0.2, -0.15) is 4.31 Å². The van der Waals surface area contributed by atoms with Gasteiger partial charge in [0.15, 0.2) is 0 Å². The average molecular weight is 419 g/mol. The molecule has 8 heteroatoms. The number of nitrogens with zero attached hydrogens (tertiary/aromatic N) is 1. The summed E-state index contributed by atoms with van der Waals surface area (Å²) in [5.74, 6) is 0.717. The van der Waals surface area contributed by atoms with Crippen LogP contribution in [-0.4, -0.2) is 45.9 Å².